The third kappa shape index (κ3) is 5.01. The summed E-state index contributed by atoms with van der Waals surface area (Å²) in [6.45, 7) is -0.566. The van der Waals surface area contributed by atoms with Crippen molar-refractivity contribution >= 4 is 11.9 Å². The lowest BCUT2D eigenvalue weighted by Crippen LogP contribution is -2.60. The maximum absolute atomic E-state index is 12.5. The van der Waals surface area contributed by atoms with Gasteiger partial charge in [-0.25, -0.2) is 0 Å². The molecule has 1 aliphatic rings. The second kappa shape index (κ2) is 9.98. The topological polar surface area (TPSA) is 166 Å². The van der Waals surface area contributed by atoms with Crippen LogP contribution in [0, 0.1) is 0 Å². The van der Waals surface area contributed by atoms with Gasteiger partial charge >= 0.3 is 0 Å². The number of ketones is 1. The number of aromatic hydroxyl groups is 2. The van der Waals surface area contributed by atoms with Gasteiger partial charge < -0.3 is 44.8 Å². The van der Waals surface area contributed by atoms with Crippen molar-refractivity contribution in [3.63, 3.8) is 0 Å². The van der Waals surface area contributed by atoms with Gasteiger partial charge in [-0.1, -0.05) is 18.2 Å². The molecule has 0 radical (unpaired) electrons. The number of phenolic OH excluding ortho intramolecular Hbond substituents is 2. The third-order valence-electron chi connectivity index (χ3n) is 4.94. The molecule has 10 heteroatoms. The van der Waals surface area contributed by atoms with E-state index in [2.05, 4.69) is 0 Å². The fourth-order valence-electron chi connectivity index (χ4n) is 3.21. The van der Waals surface area contributed by atoms with E-state index >= 15 is 0 Å². The lowest BCUT2D eigenvalue weighted by Gasteiger charge is -2.39. The van der Waals surface area contributed by atoms with Gasteiger partial charge in [0.2, 0.25) is 6.29 Å². The predicted octanol–water partition coefficient (Wildman–Crippen LogP) is 0.181. The molecule has 1 aliphatic heterocycles. The Labute approximate surface area is 183 Å². The molecule has 0 saturated carbocycles. The van der Waals surface area contributed by atoms with Crippen LogP contribution in [-0.2, 0) is 4.74 Å². The molecule has 0 bridgehead atoms. The number of hydrogen-bond donors (Lipinski definition) is 6. The smallest absolute Gasteiger partial charge is 0.229 e. The predicted molar refractivity (Wildman–Crippen MR) is 111 cm³/mol. The van der Waals surface area contributed by atoms with Crippen molar-refractivity contribution in [3.8, 4) is 23.0 Å². The van der Waals surface area contributed by atoms with Crippen LogP contribution in [0.4, 0.5) is 0 Å². The zero-order chi connectivity index (χ0) is 23.4. The minimum atomic E-state index is -1.55. The molecule has 3 rings (SSSR count). The molecule has 5 unspecified atom stereocenters. The Bertz CT molecular complexity index is 969. The first-order chi connectivity index (χ1) is 15.2. The Morgan fingerprint density at radius 2 is 1.75 bits per heavy atom. The minimum absolute atomic E-state index is 0.0282. The van der Waals surface area contributed by atoms with Crippen molar-refractivity contribution < 1.29 is 49.6 Å². The summed E-state index contributed by atoms with van der Waals surface area (Å²) in [5.41, 5.74) is 0.515. The first-order valence-electron chi connectivity index (χ1n) is 9.64. The van der Waals surface area contributed by atoms with E-state index in [4.69, 9.17) is 14.2 Å². The van der Waals surface area contributed by atoms with Crippen molar-refractivity contribution in [2.24, 2.45) is 0 Å². The van der Waals surface area contributed by atoms with E-state index in [0.717, 1.165) is 6.07 Å². The second-order valence-corrected chi connectivity index (χ2v) is 7.12. The van der Waals surface area contributed by atoms with Crippen molar-refractivity contribution in [1.82, 2.24) is 0 Å². The van der Waals surface area contributed by atoms with Crippen LogP contribution in [0.25, 0.3) is 6.08 Å². The van der Waals surface area contributed by atoms with Crippen LogP contribution in [0.2, 0.25) is 0 Å². The standard InChI is InChI=1S/C22H24O10/c1-30-16-9-12(24)8-15(26)18(16)14(25)7-4-11-2-5-13(6-3-11)31-22-21(29)20(28)19(27)17(10-23)32-22/h2-9,17,19-24,26-29H,10H2,1H3. The SMILES string of the molecule is COc1cc(O)cc(O)c1C(=O)C=Cc1ccc(OC2OC(CO)C(O)C(O)C2O)cc1. The molecule has 1 fully saturated rings. The van der Waals surface area contributed by atoms with Gasteiger partial charge in [0.25, 0.3) is 0 Å². The Balaban J connectivity index is 1.69. The van der Waals surface area contributed by atoms with Crippen molar-refractivity contribution in [2.45, 2.75) is 30.7 Å². The highest BCUT2D eigenvalue weighted by Gasteiger charge is 2.44. The molecule has 10 nitrogen and oxygen atoms in total. The Morgan fingerprint density at radius 1 is 1.06 bits per heavy atom. The average molecular weight is 448 g/mol. The molecule has 1 saturated heterocycles. The number of carbonyl (C=O) groups is 1. The zero-order valence-corrected chi connectivity index (χ0v) is 17.0. The van der Waals surface area contributed by atoms with Crippen molar-refractivity contribution in [2.75, 3.05) is 13.7 Å². The minimum Gasteiger partial charge on any atom is -0.508 e. The number of aliphatic hydroxyl groups is 4. The summed E-state index contributed by atoms with van der Waals surface area (Å²) in [5.74, 6) is -0.897. The third-order valence-corrected chi connectivity index (χ3v) is 4.94. The highest BCUT2D eigenvalue weighted by molar-refractivity contribution is 6.10. The summed E-state index contributed by atoms with van der Waals surface area (Å²) in [5, 5.41) is 58.4. The molecule has 0 aliphatic carbocycles. The first-order valence-corrected chi connectivity index (χ1v) is 9.64. The number of allylic oxidation sites excluding steroid dienone is 1. The van der Waals surface area contributed by atoms with E-state index in [-0.39, 0.29) is 22.8 Å². The maximum Gasteiger partial charge on any atom is 0.229 e. The van der Waals surface area contributed by atoms with E-state index in [1.807, 2.05) is 0 Å². The van der Waals surface area contributed by atoms with Crippen LogP contribution in [0.3, 0.4) is 0 Å². The van der Waals surface area contributed by atoms with Crippen LogP contribution in [0.1, 0.15) is 15.9 Å². The second-order valence-electron chi connectivity index (χ2n) is 7.12. The zero-order valence-electron chi connectivity index (χ0n) is 17.0. The van der Waals surface area contributed by atoms with E-state index in [0.29, 0.717) is 5.56 Å². The van der Waals surface area contributed by atoms with Gasteiger partial charge in [-0.15, -0.1) is 0 Å². The number of hydrogen-bond acceptors (Lipinski definition) is 10. The van der Waals surface area contributed by atoms with E-state index in [1.54, 1.807) is 12.1 Å². The number of rotatable bonds is 7. The van der Waals surface area contributed by atoms with Crippen LogP contribution >= 0.6 is 0 Å². The molecule has 2 aromatic rings. The van der Waals surface area contributed by atoms with Gasteiger partial charge in [0, 0.05) is 12.1 Å². The highest BCUT2D eigenvalue weighted by atomic mass is 16.7. The first kappa shape index (κ1) is 23.5. The van der Waals surface area contributed by atoms with Gasteiger partial charge in [0.15, 0.2) is 5.78 Å². The fraction of sp³-hybridized carbons (Fsp3) is 0.318. The number of benzene rings is 2. The highest BCUT2D eigenvalue weighted by Crippen LogP contribution is 2.33. The quantitative estimate of drug-likeness (QED) is 0.254. The van der Waals surface area contributed by atoms with Crippen LogP contribution in [-0.4, -0.2) is 80.8 Å². The largest absolute Gasteiger partial charge is 0.508 e. The summed E-state index contributed by atoms with van der Waals surface area (Å²) >= 11 is 0. The lowest BCUT2D eigenvalue weighted by atomic mass is 9.99. The molecule has 0 spiro atoms. The molecule has 2 aromatic carbocycles. The van der Waals surface area contributed by atoms with Gasteiger partial charge in [-0.05, 0) is 23.8 Å². The summed E-state index contributed by atoms with van der Waals surface area (Å²) in [6.07, 6.45) is -4.23. The van der Waals surface area contributed by atoms with Crippen LogP contribution in [0.15, 0.2) is 42.5 Å². The molecule has 32 heavy (non-hydrogen) atoms. The van der Waals surface area contributed by atoms with Gasteiger partial charge in [-0.2, -0.15) is 0 Å². The lowest BCUT2D eigenvalue weighted by molar-refractivity contribution is -0.277. The average Bonchev–Trinajstić information content (AvgIpc) is 2.78. The molecule has 6 N–H and O–H groups in total. The normalized spacial score (nSPS) is 25.6. The number of phenols is 2. The number of carbonyl (C=O) groups excluding carboxylic acids is 1. The van der Waals surface area contributed by atoms with E-state index < -0.39 is 48.8 Å². The fourth-order valence-corrected chi connectivity index (χ4v) is 3.21. The van der Waals surface area contributed by atoms with Gasteiger partial charge in [-0.3, -0.25) is 4.79 Å². The summed E-state index contributed by atoms with van der Waals surface area (Å²) in [6, 6.07) is 8.53. The summed E-state index contributed by atoms with van der Waals surface area (Å²) in [4.78, 5) is 12.5. The molecule has 1 heterocycles. The van der Waals surface area contributed by atoms with Crippen molar-refractivity contribution in [3.05, 3.63) is 53.6 Å². The summed E-state index contributed by atoms with van der Waals surface area (Å²) in [7, 11) is 1.31. The Kier molecular flexibility index (Phi) is 7.33. The Hall–Kier alpha value is -3.15. The number of aliphatic hydroxyl groups excluding tert-OH is 4. The van der Waals surface area contributed by atoms with Gasteiger partial charge in [0.1, 0.15) is 53.0 Å². The molecule has 5 atom stereocenters. The summed E-state index contributed by atoms with van der Waals surface area (Å²) < 4.78 is 15.8. The van der Waals surface area contributed by atoms with E-state index in [1.165, 1.54) is 37.5 Å². The number of ether oxygens (including phenoxy) is 3. The van der Waals surface area contributed by atoms with Crippen LogP contribution in [0.5, 0.6) is 23.0 Å². The molecule has 0 aromatic heterocycles. The number of methoxy groups -OCH3 is 1. The Morgan fingerprint density at radius 3 is 2.38 bits per heavy atom. The monoisotopic (exact) mass is 448 g/mol. The van der Waals surface area contributed by atoms with E-state index in [9.17, 15) is 35.4 Å². The maximum atomic E-state index is 12.5. The molecular formula is C22H24O10. The van der Waals surface area contributed by atoms with Crippen molar-refractivity contribution in [1.29, 1.82) is 0 Å². The van der Waals surface area contributed by atoms with Crippen LogP contribution < -0.4 is 9.47 Å². The van der Waals surface area contributed by atoms with Gasteiger partial charge in [0.05, 0.1) is 13.7 Å². The molecular weight excluding hydrogens is 424 g/mol. The molecule has 172 valence electrons. The molecule has 0 amide bonds.